The first kappa shape index (κ1) is 20.4. The number of carbonyl (C=O) groups is 3. The second-order valence-electron chi connectivity index (χ2n) is 6.48. The highest BCUT2D eigenvalue weighted by molar-refractivity contribution is 7.18. The Hall–Kier alpha value is -3.33. The van der Waals surface area contributed by atoms with Gasteiger partial charge in [-0.15, -0.1) is 11.3 Å². The smallest absolute Gasteiger partial charge is 0.326 e. The van der Waals surface area contributed by atoms with Crippen LogP contribution in [0.15, 0.2) is 35.4 Å². The molecule has 1 amide bonds. The minimum Gasteiger partial charge on any atom is -0.454 e. The third-order valence-corrected chi connectivity index (χ3v) is 5.51. The summed E-state index contributed by atoms with van der Waals surface area (Å²) < 4.78 is 6.12. The number of carbonyl (C=O) groups excluding carboxylic acids is 3. The first-order chi connectivity index (χ1) is 13.8. The second kappa shape index (κ2) is 8.36. The summed E-state index contributed by atoms with van der Waals surface area (Å²) in [5.41, 5.74) is 1.54. The van der Waals surface area contributed by atoms with Gasteiger partial charge in [0.2, 0.25) is 0 Å². The van der Waals surface area contributed by atoms with Gasteiger partial charge in [0.15, 0.2) is 12.4 Å². The molecule has 0 aliphatic heterocycles. The molecule has 29 heavy (non-hydrogen) atoms. The highest BCUT2D eigenvalue weighted by Crippen LogP contribution is 2.25. The lowest BCUT2D eigenvalue weighted by Crippen LogP contribution is -2.28. The molecule has 0 spiro atoms. The summed E-state index contributed by atoms with van der Waals surface area (Å²) >= 11 is 1.43. The van der Waals surface area contributed by atoms with E-state index in [9.17, 15) is 19.2 Å². The average molecular weight is 413 g/mol. The Labute approximate surface area is 170 Å². The third-order valence-electron chi connectivity index (χ3n) is 4.39. The molecule has 0 aliphatic rings. The number of rotatable bonds is 6. The van der Waals surface area contributed by atoms with Crippen molar-refractivity contribution in [1.82, 2.24) is 9.55 Å². The van der Waals surface area contributed by atoms with E-state index >= 15 is 0 Å². The van der Waals surface area contributed by atoms with Crippen LogP contribution >= 0.6 is 11.3 Å². The number of Topliss-reactive ketones (excluding diaryl/α,β-unsaturated/α-hetero) is 1. The molecular weight excluding hydrogens is 394 g/mol. The number of anilines is 1. The summed E-state index contributed by atoms with van der Waals surface area (Å²) in [7, 11) is 0. The molecule has 0 aliphatic carbocycles. The summed E-state index contributed by atoms with van der Waals surface area (Å²) in [5, 5.41) is 3.06. The van der Waals surface area contributed by atoms with Gasteiger partial charge in [0.25, 0.3) is 11.5 Å². The lowest BCUT2D eigenvalue weighted by molar-refractivity contribution is -0.147. The van der Waals surface area contributed by atoms with Crippen molar-refractivity contribution in [2.24, 2.45) is 0 Å². The molecule has 3 rings (SSSR count). The molecule has 2 heterocycles. The minimum atomic E-state index is -0.722. The summed E-state index contributed by atoms with van der Waals surface area (Å²) in [4.78, 5) is 53.7. The van der Waals surface area contributed by atoms with Crippen LogP contribution in [0, 0.1) is 13.8 Å². The van der Waals surface area contributed by atoms with Crippen LogP contribution in [0.1, 0.15) is 27.7 Å². The SMILES string of the molecule is CC(=O)c1ccc(NC(=O)COC(=O)Cn2cnc3sc(C)c(C)c3c2=O)cc1. The molecule has 9 heteroatoms. The van der Waals surface area contributed by atoms with Gasteiger partial charge in [0.1, 0.15) is 11.4 Å². The third kappa shape index (κ3) is 4.57. The van der Waals surface area contributed by atoms with Crippen molar-refractivity contribution < 1.29 is 19.1 Å². The molecule has 3 aromatic rings. The van der Waals surface area contributed by atoms with Crippen LogP contribution in [0.5, 0.6) is 0 Å². The normalized spacial score (nSPS) is 10.7. The molecule has 0 unspecified atom stereocenters. The molecule has 0 bridgehead atoms. The maximum atomic E-state index is 12.6. The van der Waals surface area contributed by atoms with Crippen LogP contribution in [0.4, 0.5) is 5.69 Å². The van der Waals surface area contributed by atoms with Crippen molar-refractivity contribution in [3.05, 3.63) is 57.0 Å². The van der Waals surface area contributed by atoms with Crippen LogP contribution in [-0.2, 0) is 20.9 Å². The average Bonchev–Trinajstić information content (AvgIpc) is 2.97. The van der Waals surface area contributed by atoms with Crippen molar-refractivity contribution in [1.29, 1.82) is 0 Å². The summed E-state index contributed by atoms with van der Waals surface area (Å²) in [6, 6.07) is 6.35. The van der Waals surface area contributed by atoms with E-state index in [-0.39, 0.29) is 17.9 Å². The Morgan fingerprint density at radius 3 is 2.52 bits per heavy atom. The minimum absolute atomic E-state index is 0.0764. The zero-order chi connectivity index (χ0) is 21.1. The fraction of sp³-hybridized carbons (Fsp3) is 0.250. The number of nitrogens with zero attached hydrogens (tertiary/aromatic N) is 2. The molecule has 2 aromatic heterocycles. The van der Waals surface area contributed by atoms with E-state index in [0.717, 1.165) is 10.4 Å². The molecule has 0 fully saturated rings. The van der Waals surface area contributed by atoms with E-state index in [1.807, 2.05) is 13.8 Å². The van der Waals surface area contributed by atoms with Crippen molar-refractivity contribution in [3.8, 4) is 0 Å². The molecule has 0 saturated heterocycles. The molecule has 150 valence electrons. The maximum Gasteiger partial charge on any atom is 0.326 e. The zero-order valence-corrected chi connectivity index (χ0v) is 17.0. The van der Waals surface area contributed by atoms with Gasteiger partial charge in [-0.25, -0.2) is 4.98 Å². The summed E-state index contributed by atoms with van der Waals surface area (Å²) in [6.45, 7) is 4.37. The lowest BCUT2D eigenvalue weighted by atomic mass is 10.1. The predicted molar refractivity (Wildman–Crippen MR) is 109 cm³/mol. The first-order valence-electron chi connectivity index (χ1n) is 8.78. The van der Waals surface area contributed by atoms with Gasteiger partial charge in [-0.1, -0.05) is 0 Å². The Morgan fingerprint density at radius 2 is 1.86 bits per heavy atom. The molecular formula is C20H19N3O5S. The molecule has 1 N–H and O–H groups in total. The number of ketones is 1. The quantitative estimate of drug-likeness (QED) is 0.491. The van der Waals surface area contributed by atoms with Crippen LogP contribution in [-0.4, -0.2) is 33.8 Å². The predicted octanol–water partition coefficient (Wildman–Crippen LogP) is 2.46. The molecule has 0 saturated carbocycles. The monoisotopic (exact) mass is 413 g/mol. The van der Waals surface area contributed by atoms with E-state index in [2.05, 4.69) is 10.3 Å². The first-order valence-corrected chi connectivity index (χ1v) is 9.59. The summed E-state index contributed by atoms with van der Waals surface area (Å²) in [5.74, 6) is -1.33. The number of thiophene rings is 1. The Kier molecular flexibility index (Phi) is 5.88. The number of aryl methyl sites for hydroxylation is 2. The number of hydrogen-bond donors (Lipinski definition) is 1. The van der Waals surface area contributed by atoms with Gasteiger partial charge in [-0.3, -0.25) is 23.7 Å². The van der Waals surface area contributed by atoms with Gasteiger partial charge in [-0.05, 0) is 50.6 Å². The van der Waals surface area contributed by atoms with Gasteiger partial charge in [0.05, 0.1) is 11.7 Å². The van der Waals surface area contributed by atoms with E-state index in [4.69, 9.17) is 4.74 Å². The van der Waals surface area contributed by atoms with E-state index in [0.29, 0.717) is 21.5 Å². The number of hydrogen-bond acceptors (Lipinski definition) is 7. The number of amides is 1. The molecule has 8 nitrogen and oxygen atoms in total. The van der Waals surface area contributed by atoms with Crippen LogP contribution in [0.2, 0.25) is 0 Å². The molecule has 1 aromatic carbocycles. The standard InChI is InChI=1S/C20H19N3O5S/c1-11-13(3)29-19-18(11)20(27)23(10-21-19)8-17(26)28-9-16(25)22-15-6-4-14(5-7-15)12(2)24/h4-7,10H,8-9H2,1-3H3,(H,22,25). The van der Waals surface area contributed by atoms with Gasteiger partial charge >= 0.3 is 5.97 Å². The fourth-order valence-corrected chi connectivity index (χ4v) is 3.69. The second-order valence-corrected chi connectivity index (χ2v) is 7.69. The van der Waals surface area contributed by atoms with E-state index in [1.165, 1.54) is 29.2 Å². The van der Waals surface area contributed by atoms with Gasteiger partial charge in [0, 0.05) is 16.1 Å². The molecule has 0 atom stereocenters. The number of fused-ring (bicyclic) bond motifs is 1. The van der Waals surface area contributed by atoms with Crippen LogP contribution in [0.3, 0.4) is 0 Å². The number of esters is 1. The number of ether oxygens (including phenoxy) is 1. The Bertz CT molecular complexity index is 1160. The van der Waals surface area contributed by atoms with E-state index in [1.54, 1.807) is 24.3 Å². The van der Waals surface area contributed by atoms with Crippen molar-refractivity contribution in [2.45, 2.75) is 27.3 Å². The highest BCUT2D eigenvalue weighted by atomic mass is 32.1. The summed E-state index contributed by atoms with van der Waals surface area (Å²) in [6.07, 6.45) is 1.30. The molecule has 0 radical (unpaired) electrons. The number of nitrogens with one attached hydrogen (secondary N) is 1. The van der Waals surface area contributed by atoms with Gasteiger partial charge < -0.3 is 10.1 Å². The van der Waals surface area contributed by atoms with E-state index < -0.39 is 18.5 Å². The Balaban J connectivity index is 1.58. The number of aromatic nitrogens is 2. The number of benzene rings is 1. The van der Waals surface area contributed by atoms with Crippen LogP contribution < -0.4 is 10.9 Å². The fourth-order valence-electron chi connectivity index (χ4n) is 2.70. The van der Waals surface area contributed by atoms with Crippen molar-refractivity contribution >= 4 is 44.9 Å². The largest absolute Gasteiger partial charge is 0.454 e. The maximum absolute atomic E-state index is 12.6. The topological polar surface area (TPSA) is 107 Å². The van der Waals surface area contributed by atoms with Crippen molar-refractivity contribution in [2.75, 3.05) is 11.9 Å². The lowest BCUT2D eigenvalue weighted by Gasteiger charge is -2.08. The van der Waals surface area contributed by atoms with Gasteiger partial charge in [-0.2, -0.15) is 0 Å². The zero-order valence-electron chi connectivity index (χ0n) is 16.1. The highest BCUT2D eigenvalue weighted by Gasteiger charge is 2.15. The van der Waals surface area contributed by atoms with Crippen LogP contribution in [0.25, 0.3) is 10.2 Å². The Morgan fingerprint density at radius 1 is 1.17 bits per heavy atom. The van der Waals surface area contributed by atoms with Crippen molar-refractivity contribution in [3.63, 3.8) is 0 Å².